The molecule has 0 aromatic carbocycles. The molecule has 0 spiro atoms. The molecular formula is C19H22N2O3. The number of aromatic nitrogens is 1. The van der Waals surface area contributed by atoms with Gasteiger partial charge in [0.05, 0.1) is 11.7 Å². The summed E-state index contributed by atoms with van der Waals surface area (Å²) in [4.78, 5) is 16.8. The van der Waals surface area contributed by atoms with Crippen LogP contribution in [-0.2, 0) is 0 Å². The van der Waals surface area contributed by atoms with Crippen LogP contribution in [0.25, 0.3) is 0 Å². The molecule has 0 aliphatic rings. The number of pyridine rings is 1. The van der Waals surface area contributed by atoms with Crippen molar-refractivity contribution < 1.29 is 14.3 Å². The number of nitrogens with zero attached hydrogens (tertiary/aromatic N) is 1. The summed E-state index contributed by atoms with van der Waals surface area (Å²) in [6, 6.07) is 8.72. The quantitative estimate of drug-likeness (QED) is 0.847. The third kappa shape index (κ3) is 4.97. The Bertz CT molecular complexity index is 776. The molecule has 0 aliphatic carbocycles. The number of carbonyl (C=O) groups excluding carboxylic acids is 1. The van der Waals surface area contributed by atoms with Crippen molar-refractivity contribution in [3.63, 3.8) is 0 Å². The predicted octanol–water partition coefficient (Wildman–Crippen LogP) is 2.99. The summed E-state index contributed by atoms with van der Waals surface area (Å²) in [5, 5.41) is 12.5. The van der Waals surface area contributed by atoms with E-state index in [1.165, 1.54) is 0 Å². The van der Waals surface area contributed by atoms with Crippen molar-refractivity contribution in [3.05, 3.63) is 53.2 Å². The average molecular weight is 326 g/mol. The van der Waals surface area contributed by atoms with Gasteiger partial charge >= 0.3 is 0 Å². The second kappa shape index (κ2) is 7.33. The largest absolute Gasteiger partial charge is 0.443 e. The van der Waals surface area contributed by atoms with Crippen molar-refractivity contribution in [2.24, 2.45) is 0 Å². The van der Waals surface area contributed by atoms with Gasteiger partial charge in [-0.15, -0.1) is 0 Å². The second-order valence-corrected chi connectivity index (χ2v) is 6.11. The van der Waals surface area contributed by atoms with Crippen LogP contribution in [0.4, 0.5) is 0 Å². The van der Waals surface area contributed by atoms with Gasteiger partial charge in [0.15, 0.2) is 11.5 Å². The number of hydrogen-bond acceptors (Lipinski definition) is 4. The molecule has 2 aromatic heterocycles. The number of aryl methyl sites for hydroxylation is 1. The van der Waals surface area contributed by atoms with Gasteiger partial charge in [0.2, 0.25) is 0 Å². The topological polar surface area (TPSA) is 75.4 Å². The molecule has 0 saturated carbocycles. The Morgan fingerprint density at radius 3 is 2.75 bits per heavy atom. The van der Waals surface area contributed by atoms with Gasteiger partial charge in [0.1, 0.15) is 5.60 Å². The lowest BCUT2D eigenvalue weighted by molar-refractivity contribution is 0.0906. The number of aliphatic hydroxyl groups is 1. The minimum atomic E-state index is -1.11. The fourth-order valence-electron chi connectivity index (χ4n) is 2.11. The Labute approximate surface area is 142 Å². The molecule has 0 aliphatic heterocycles. The van der Waals surface area contributed by atoms with E-state index < -0.39 is 5.60 Å². The van der Waals surface area contributed by atoms with E-state index in [2.05, 4.69) is 22.1 Å². The summed E-state index contributed by atoms with van der Waals surface area (Å²) >= 11 is 0. The zero-order chi connectivity index (χ0) is 17.7. The molecule has 0 fully saturated rings. The standard InChI is InChI=1S/C19H22N2O3/c1-5-15(16-8-6-7-13(2)20-16)21-18(22)17-10-9-14(24-17)11-12-19(3,4)23/h6-10,15,23H,5H2,1-4H3,(H,21,22)/t15-/m0/s1. The van der Waals surface area contributed by atoms with Crippen LogP contribution >= 0.6 is 0 Å². The molecule has 2 heterocycles. The van der Waals surface area contributed by atoms with Crippen LogP contribution in [0.1, 0.15) is 60.9 Å². The van der Waals surface area contributed by atoms with E-state index in [0.717, 1.165) is 11.4 Å². The maximum Gasteiger partial charge on any atom is 0.287 e. The maximum atomic E-state index is 12.4. The first-order valence-electron chi connectivity index (χ1n) is 7.88. The first-order valence-corrected chi connectivity index (χ1v) is 7.88. The first-order chi connectivity index (χ1) is 11.3. The van der Waals surface area contributed by atoms with Crippen molar-refractivity contribution in [1.82, 2.24) is 10.3 Å². The lowest BCUT2D eigenvalue weighted by atomic mass is 10.1. The summed E-state index contributed by atoms with van der Waals surface area (Å²) in [7, 11) is 0. The minimum absolute atomic E-state index is 0.182. The third-order valence-electron chi connectivity index (χ3n) is 3.30. The Balaban J connectivity index is 2.11. The highest BCUT2D eigenvalue weighted by molar-refractivity contribution is 5.91. The molecule has 2 aromatic rings. The number of hydrogen-bond donors (Lipinski definition) is 2. The van der Waals surface area contributed by atoms with Gasteiger partial charge in [0, 0.05) is 5.69 Å². The van der Waals surface area contributed by atoms with Crippen molar-refractivity contribution in [3.8, 4) is 11.8 Å². The summed E-state index contributed by atoms with van der Waals surface area (Å²) < 4.78 is 5.43. The Hall–Kier alpha value is -2.58. The monoisotopic (exact) mass is 326 g/mol. The van der Waals surface area contributed by atoms with Crippen LogP contribution in [0.15, 0.2) is 34.7 Å². The summed E-state index contributed by atoms with van der Waals surface area (Å²) in [6.45, 7) is 7.06. The molecule has 2 N–H and O–H groups in total. The Morgan fingerprint density at radius 1 is 1.38 bits per heavy atom. The number of furan rings is 1. The van der Waals surface area contributed by atoms with Gasteiger partial charge in [-0.05, 0) is 57.4 Å². The summed E-state index contributed by atoms with van der Waals surface area (Å²) in [5.41, 5.74) is 0.612. The lowest BCUT2D eigenvalue weighted by Crippen LogP contribution is -2.28. The second-order valence-electron chi connectivity index (χ2n) is 6.11. The lowest BCUT2D eigenvalue weighted by Gasteiger charge is -2.16. The smallest absolute Gasteiger partial charge is 0.287 e. The van der Waals surface area contributed by atoms with Crippen LogP contribution in [0.3, 0.4) is 0 Å². The molecule has 1 atom stereocenters. The molecule has 0 bridgehead atoms. The normalized spacial score (nSPS) is 12.2. The van der Waals surface area contributed by atoms with E-state index in [9.17, 15) is 9.90 Å². The van der Waals surface area contributed by atoms with E-state index in [-0.39, 0.29) is 17.7 Å². The fraction of sp³-hybridized carbons (Fsp3) is 0.368. The van der Waals surface area contributed by atoms with Gasteiger partial charge in [-0.25, -0.2) is 0 Å². The summed E-state index contributed by atoms with van der Waals surface area (Å²) in [5.74, 6) is 5.55. The van der Waals surface area contributed by atoms with Crippen LogP contribution < -0.4 is 5.32 Å². The van der Waals surface area contributed by atoms with Gasteiger partial charge < -0.3 is 14.8 Å². The van der Waals surface area contributed by atoms with Crippen molar-refractivity contribution in [2.45, 2.75) is 45.8 Å². The highest BCUT2D eigenvalue weighted by Gasteiger charge is 2.18. The van der Waals surface area contributed by atoms with Gasteiger partial charge in [0.25, 0.3) is 5.91 Å². The SMILES string of the molecule is CC[C@H](NC(=O)c1ccc(C#CC(C)(C)O)o1)c1cccc(C)n1. The van der Waals surface area contributed by atoms with Crippen molar-refractivity contribution in [2.75, 3.05) is 0 Å². The van der Waals surface area contributed by atoms with Gasteiger partial charge in [-0.2, -0.15) is 0 Å². The van der Waals surface area contributed by atoms with Gasteiger partial charge in [-0.1, -0.05) is 18.9 Å². The van der Waals surface area contributed by atoms with Crippen LogP contribution in [-0.4, -0.2) is 21.6 Å². The zero-order valence-electron chi connectivity index (χ0n) is 14.4. The molecule has 2 rings (SSSR count). The molecule has 24 heavy (non-hydrogen) atoms. The van der Waals surface area contributed by atoms with E-state index in [4.69, 9.17) is 4.42 Å². The molecule has 0 radical (unpaired) electrons. The molecule has 0 unspecified atom stereocenters. The molecule has 1 amide bonds. The predicted molar refractivity (Wildman–Crippen MR) is 91.4 cm³/mol. The van der Waals surface area contributed by atoms with Crippen LogP contribution in [0, 0.1) is 18.8 Å². The third-order valence-corrected chi connectivity index (χ3v) is 3.30. The first kappa shape index (κ1) is 17.8. The van der Waals surface area contributed by atoms with E-state index in [0.29, 0.717) is 12.2 Å². The Kier molecular flexibility index (Phi) is 5.42. The highest BCUT2D eigenvalue weighted by atomic mass is 16.3. The zero-order valence-corrected chi connectivity index (χ0v) is 14.4. The number of carbonyl (C=O) groups is 1. The molecule has 5 nitrogen and oxygen atoms in total. The minimum Gasteiger partial charge on any atom is -0.443 e. The van der Waals surface area contributed by atoms with Crippen molar-refractivity contribution >= 4 is 5.91 Å². The number of amides is 1. The maximum absolute atomic E-state index is 12.4. The average Bonchev–Trinajstić information content (AvgIpc) is 2.99. The van der Waals surface area contributed by atoms with Crippen molar-refractivity contribution in [1.29, 1.82) is 0 Å². The molecule has 126 valence electrons. The van der Waals surface area contributed by atoms with Gasteiger partial charge in [-0.3, -0.25) is 9.78 Å². The summed E-state index contributed by atoms with van der Waals surface area (Å²) in [6.07, 6.45) is 0.717. The van der Waals surface area contributed by atoms with Crippen LogP contribution in [0.5, 0.6) is 0 Å². The number of nitrogens with one attached hydrogen (secondary N) is 1. The molecule has 5 heteroatoms. The molecule has 0 saturated heterocycles. The molecular weight excluding hydrogens is 304 g/mol. The van der Waals surface area contributed by atoms with E-state index >= 15 is 0 Å². The Morgan fingerprint density at radius 2 is 2.12 bits per heavy atom. The van der Waals surface area contributed by atoms with E-state index in [1.54, 1.807) is 26.0 Å². The van der Waals surface area contributed by atoms with Crippen LogP contribution in [0.2, 0.25) is 0 Å². The number of rotatable bonds is 4. The fourth-order valence-corrected chi connectivity index (χ4v) is 2.11. The van der Waals surface area contributed by atoms with E-state index in [1.807, 2.05) is 32.0 Å². The highest BCUT2D eigenvalue weighted by Crippen LogP contribution is 2.16.